The molecule has 2 N–H and O–H groups in total. The van der Waals surface area contributed by atoms with Crippen molar-refractivity contribution in [3.63, 3.8) is 0 Å². The highest BCUT2D eigenvalue weighted by Crippen LogP contribution is 2.33. The van der Waals surface area contributed by atoms with Crippen LogP contribution in [0.5, 0.6) is 0 Å². The summed E-state index contributed by atoms with van der Waals surface area (Å²) in [6.07, 6.45) is 4.26. The summed E-state index contributed by atoms with van der Waals surface area (Å²) >= 11 is 7.20. The van der Waals surface area contributed by atoms with Crippen LogP contribution in [0.25, 0.3) is 0 Å². The summed E-state index contributed by atoms with van der Waals surface area (Å²) in [4.78, 5) is 37.7. The van der Waals surface area contributed by atoms with Crippen LogP contribution in [0.1, 0.15) is 50.2 Å². The number of benzene rings is 1. The van der Waals surface area contributed by atoms with Crippen LogP contribution in [0, 0.1) is 5.92 Å². The summed E-state index contributed by atoms with van der Waals surface area (Å²) in [5.41, 5.74) is 6.04. The number of aryl methyl sites for hydroxylation is 1. The molecule has 28 heavy (non-hydrogen) atoms. The molecule has 1 aliphatic carbocycles. The quantitative estimate of drug-likeness (QED) is 0.572. The second-order valence-corrected chi connectivity index (χ2v) is 8.23. The van der Waals surface area contributed by atoms with Crippen LogP contribution in [0.3, 0.4) is 0 Å². The molecule has 148 valence electrons. The smallest absolute Gasteiger partial charge is 0.348 e. The largest absolute Gasteiger partial charge is 0.451 e. The van der Waals surface area contributed by atoms with Crippen LogP contribution in [0.4, 0.5) is 0 Å². The molecule has 8 heteroatoms. The summed E-state index contributed by atoms with van der Waals surface area (Å²) < 4.78 is 5.07. The van der Waals surface area contributed by atoms with Crippen molar-refractivity contribution >= 4 is 40.7 Å². The van der Waals surface area contributed by atoms with Crippen molar-refractivity contribution in [1.29, 1.82) is 0 Å². The number of thiophene rings is 1. The van der Waals surface area contributed by atoms with E-state index in [0.29, 0.717) is 21.4 Å². The average molecular weight is 421 g/mol. The van der Waals surface area contributed by atoms with Gasteiger partial charge in [0, 0.05) is 15.5 Å². The molecule has 0 unspecified atom stereocenters. The zero-order valence-corrected chi connectivity index (χ0v) is 17.0. The number of hydrazine groups is 1. The Labute approximate surface area is 172 Å². The maximum absolute atomic E-state index is 12.2. The summed E-state index contributed by atoms with van der Waals surface area (Å²) in [6, 6.07) is 8.09. The van der Waals surface area contributed by atoms with Gasteiger partial charge >= 0.3 is 5.97 Å². The fourth-order valence-corrected chi connectivity index (χ4v) is 4.31. The van der Waals surface area contributed by atoms with Crippen LogP contribution < -0.4 is 10.9 Å². The molecule has 1 aromatic carbocycles. The molecule has 1 atom stereocenters. The number of carbonyl (C=O) groups excluding carboxylic acids is 3. The maximum atomic E-state index is 12.2. The number of amides is 2. The first-order chi connectivity index (χ1) is 13.5. The lowest BCUT2D eigenvalue weighted by Crippen LogP contribution is -2.43. The van der Waals surface area contributed by atoms with E-state index >= 15 is 0 Å². The van der Waals surface area contributed by atoms with Crippen molar-refractivity contribution in [3.8, 4) is 0 Å². The second kappa shape index (κ2) is 9.21. The number of hydrogen-bond acceptors (Lipinski definition) is 5. The average Bonchev–Trinajstić information content (AvgIpc) is 3.14. The fourth-order valence-electron chi connectivity index (χ4n) is 3.09. The molecule has 0 spiro atoms. The standard InChI is InChI=1S/C20H21ClN2O4S/c1-2-12-3-8-16-14(9-12)10-17(28-16)20(26)27-11-18(24)22-23-19(25)13-4-6-15(21)7-5-13/h4-7,10,12H,2-3,8-9,11H2,1H3,(H,22,24)(H,23,25)/t12-/m0/s1. The molecular weight excluding hydrogens is 400 g/mol. The third-order valence-electron chi connectivity index (χ3n) is 4.72. The molecule has 0 fully saturated rings. The molecule has 3 rings (SSSR count). The van der Waals surface area contributed by atoms with Crippen molar-refractivity contribution < 1.29 is 19.1 Å². The third-order valence-corrected chi connectivity index (χ3v) is 6.19. The number of rotatable bonds is 5. The highest BCUT2D eigenvalue weighted by atomic mass is 35.5. The molecule has 0 radical (unpaired) electrons. The number of halogens is 1. The molecule has 6 nitrogen and oxygen atoms in total. The van der Waals surface area contributed by atoms with Crippen LogP contribution >= 0.6 is 22.9 Å². The van der Waals surface area contributed by atoms with E-state index in [2.05, 4.69) is 17.8 Å². The Morgan fingerprint density at radius 2 is 1.96 bits per heavy atom. The van der Waals surface area contributed by atoms with E-state index in [1.807, 2.05) is 6.07 Å². The van der Waals surface area contributed by atoms with E-state index in [1.165, 1.54) is 33.9 Å². The molecule has 1 aliphatic rings. The topological polar surface area (TPSA) is 84.5 Å². The molecule has 2 aromatic rings. The number of esters is 1. The zero-order chi connectivity index (χ0) is 20.1. The van der Waals surface area contributed by atoms with Crippen molar-refractivity contribution in [2.75, 3.05) is 6.61 Å². The van der Waals surface area contributed by atoms with E-state index in [9.17, 15) is 14.4 Å². The Hall–Kier alpha value is -2.38. The number of carbonyl (C=O) groups is 3. The summed E-state index contributed by atoms with van der Waals surface area (Å²) in [7, 11) is 0. The molecular formula is C20H21ClN2O4S. The van der Waals surface area contributed by atoms with Gasteiger partial charge in [0.05, 0.1) is 0 Å². The van der Waals surface area contributed by atoms with Gasteiger partial charge < -0.3 is 4.74 Å². The Kier molecular flexibility index (Phi) is 6.70. The van der Waals surface area contributed by atoms with E-state index in [4.69, 9.17) is 16.3 Å². The maximum Gasteiger partial charge on any atom is 0.348 e. The second-order valence-electron chi connectivity index (χ2n) is 6.66. The normalized spacial score (nSPS) is 15.4. The van der Waals surface area contributed by atoms with Crippen LogP contribution in [0.2, 0.25) is 5.02 Å². The van der Waals surface area contributed by atoms with Crippen molar-refractivity contribution in [2.45, 2.75) is 32.6 Å². The van der Waals surface area contributed by atoms with Crippen molar-refractivity contribution in [2.24, 2.45) is 5.92 Å². The van der Waals surface area contributed by atoms with Crippen LogP contribution in [-0.2, 0) is 22.4 Å². The zero-order valence-electron chi connectivity index (χ0n) is 15.4. The fraction of sp³-hybridized carbons (Fsp3) is 0.350. The Morgan fingerprint density at radius 3 is 2.68 bits per heavy atom. The minimum Gasteiger partial charge on any atom is -0.451 e. The van der Waals surface area contributed by atoms with Gasteiger partial charge in [-0.05, 0) is 61.1 Å². The lowest BCUT2D eigenvalue weighted by Gasteiger charge is -2.19. The van der Waals surface area contributed by atoms with Gasteiger partial charge in [0.25, 0.3) is 11.8 Å². The first-order valence-electron chi connectivity index (χ1n) is 9.09. The highest BCUT2D eigenvalue weighted by molar-refractivity contribution is 7.14. The Morgan fingerprint density at radius 1 is 1.21 bits per heavy atom. The molecule has 0 saturated heterocycles. The minimum absolute atomic E-state index is 0.344. The van der Waals surface area contributed by atoms with E-state index in [1.54, 1.807) is 12.1 Å². The van der Waals surface area contributed by atoms with Crippen molar-refractivity contribution in [1.82, 2.24) is 10.9 Å². The first kappa shape index (κ1) is 20.4. The van der Waals surface area contributed by atoms with E-state index in [0.717, 1.165) is 25.7 Å². The predicted molar refractivity (Wildman–Crippen MR) is 107 cm³/mol. The van der Waals surface area contributed by atoms with Crippen molar-refractivity contribution in [3.05, 3.63) is 56.2 Å². The molecule has 0 aliphatic heterocycles. The van der Waals surface area contributed by atoms with Gasteiger partial charge in [0.1, 0.15) is 4.88 Å². The van der Waals surface area contributed by atoms with E-state index in [-0.39, 0.29) is 0 Å². The van der Waals surface area contributed by atoms with Gasteiger partial charge in [-0.2, -0.15) is 0 Å². The summed E-state index contributed by atoms with van der Waals surface area (Å²) in [5.74, 6) is -0.969. The minimum atomic E-state index is -0.622. The van der Waals surface area contributed by atoms with Gasteiger partial charge in [-0.15, -0.1) is 11.3 Å². The number of hydrogen-bond donors (Lipinski definition) is 2. The number of fused-ring (bicyclic) bond motifs is 1. The SMILES string of the molecule is CC[C@H]1CCc2sc(C(=O)OCC(=O)NNC(=O)c3ccc(Cl)cc3)cc2C1. The molecule has 1 heterocycles. The monoisotopic (exact) mass is 420 g/mol. The molecule has 0 bridgehead atoms. The van der Waals surface area contributed by atoms with Gasteiger partial charge in [-0.25, -0.2) is 4.79 Å². The number of ether oxygens (including phenoxy) is 1. The van der Waals surface area contributed by atoms with E-state index < -0.39 is 24.4 Å². The van der Waals surface area contributed by atoms with Gasteiger partial charge in [0.2, 0.25) is 0 Å². The number of nitrogens with one attached hydrogen (secondary N) is 2. The van der Waals surface area contributed by atoms with Gasteiger partial charge in [-0.3, -0.25) is 20.4 Å². The highest BCUT2D eigenvalue weighted by Gasteiger charge is 2.23. The molecule has 1 aromatic heterocycles. The first-order valence-corrected chi connectivity index (χ1v) is 10.3. The van der Waals surface area contributed by atoms with Gasteiger partial charge in [-0.1, -0.05) is 24.9 Å². The van der Waals surface area contributed by atoms with Crippen LogP contribution in [-0.4, -0.2) is 24.4 Å². The van der Waals surface area contributed by atoms with Gasteiger partial charge in [0.15, 0.2) is 6.61 Å². The summed E-state index contributed by atoms with van der Waals surface area (Å²) in [5, 5.41) is 0.507. The summed E-state index contributed by atoms with van der Waals surface area (Å²) in [6.45, 7) is 1.71. The predicted octanol–water partition coefficient (Wildman–Crippen LogP) is 3.53. The van der Waals surface area contributed by atoms with Crippen LogP contribution in [0.15, 0.2) is 30.3 Å². The Bertz CT molecular complexity index is 879. The Balaban J connectivity index is 1.45. The lowest BCUT2D eigenvalue weighted by molar-refractivity contribution is -0.125. The molecule has 2 amide bonds. The molecule has 0 saturated carbocycles. The third kappa shape index (κ3) is 5.11. The lowest BCUT2D eigenvalue weighted by atomic mass is 9.87.